The van der Waals surface area contributed by atoms with E-state index in [1.54, 1.807) is 6.20 Å². The van der Waals surface area contributed by atoms with E-state index in [9.17, 15) is 5.11 Å². The highest BCUT2D eigenvalue weighted by molar-refractivity contribution is 7.16. The highest BCUT2D eigenvalue weighted by atomic mass is 35.5. The smallest absolute Gasteiger partial charge is 0.140 e. The third kappa shape index (κ3) is 1.91. The summed E-state index contributed by atoms with van der Waals surface area (Å²) < 4.78 is 0.602. The molecule has 0 spiro atoms. The van der Waals surface area contributed by atoms with Crippen LogP contribution in [0.25, 0.3) is 0 Å². The van der Waals surface area contributed by atoms with Gasteiger partial charge in [-0.05, 0) is 11.4 Å². The van der Waals surface area contributed by atoms with Crippen LogP contribution in [0.1, 0.15) is 16.0 Å². The Morgan fingerprint density at radius 3 is 2.92 bits per heavy atom. The van der Waals surface area contributed by atoms with Gasteiger partial charge in [0.05, 0.1) is 6.20 Å². The van der Waals surface area contributed by atoms with Gasteiger partial charge in [0.15, 0.2) is 0 Å². The molecule has 2 aromatic heterocycles. The quantitative estimate of drug-likeness (QED) is 0.862. The summed E-state index contributed by atoms with van der Waals surface area (Å²) in [4.78, 5) is 4.91. The fourth-order valence-corrected chi connectivity index (χ4v) is 2.68. The largest absolute Gasteiger partial charge is 0.380 e. The van der Waals surface area contributed by atoms with Gasteiger partial charge in [-0.3, -0.25) is 0 Å². The fourth-order valence-electron chi connectivity index (χ4n) is 0.962. The maximum atomic E-state index is 9.79. The third-order valence-corrected chi connectivity index (χ3v) is 3.63. The zero-order chi connectivity index (χ0) is 9.26. The van der Waals surface area contributed by atoms with Crippen LogP contribution in [-0.2, 0) is 0 Å². The Kier molecular flexibility index (Phi) is 2.64. The lowest BCUT2D eigenvalue weighted by atomic mass is 10.3. The first kappa shape index (κ1) is 9.15. The number of aromatic nitrogens is 1. The van der Waals surface area contributed by atoms with E-state index in [0.29, 0.717) is 9.34 Å². The van der Waals surface area contributed by atoms with Crippen molar-refractivity contribution >= 4 is 34.3 Å². The van der Waals surface area contributed by atoms with E-state index in [1.807, 2.05) is 17.5 Å². The highest BCUT2D eigenvalue weighted by Crippen LogP contribution is 2.30. The maximum absolute atomic E-state index is 9.79. The zero-order valence-corrected chi connectivity index (χ0v) is 8.86. The number of thiazole rings is 1. The number of aliphatic hydroxyl groups excluding tert-OH is 1. The SMILES string of the molecule is OC(c1cccs1)c1ncc(Cl)s1. The average molecular weight is 232 g/mol. The van der Waals surface area contributed by atoms with Crippen molar-refractivity contribution in [1.82, 2.24) is 4.98 Å². The molecular weight excluding hydrogens is 226 g/mol. The maximum Gasteiger partial charge on any atom is 0.140 e. The summed E-state index contributed by atoms with van der Waals surface area (Å²) in [7, 11) is 0. The Bertz CT molecular complexity index is 385. The van der Waals surface area contributed by atoms with E-state index in [-0.39, 0.29) is 0 Å². The van der Waals surface area contributed by atoms with Crippen molar-refractivity contribution in [2.75, 3.05) is 0 Å². The van der Waals surface area contributed by atoms with Crippen molar-refractivity contribution < 1.29 is 5.11 Å². The van der Waals surface area contributed by atoms with Crippen LogP contribution in [0.15, 0.2) is 23.7 Å². The summed E-state index contributed by atoms with van der Waals surface area (Å²) in [6.45, 7) is 0. The van der Waals surface area contributed by atoms with Gasteiger partial charge in [0.25, 0.3) is 0 Å². The van der Waals surface area contributed by atoms with Gasteiger partial charge in [0, 0.05) is 4.88 Å². The van der Waals surface area contributed by atoms with Crippen molar-refractivity contribution in [2.45, 2.75) is 6.10 Å². The molecule has 0 aliphatic heterocycles. The first-order valence-corrected chi connectivity index (χ1v) is 5.67. The average Bonchev–Trinajstić information content (AvgIpc) is 2.72. The first-order chi connectivity index (χ1) is 6.27. The number of thiophene rings is 1. The molecule has 2 nitrogen and oxygen atoms in total. The van der Waals surface area contributed by atoms with E-state index in [1.165, 1.54) is 22.7 Å². The summed E-state index contributed by atoms with van der Waals surface area (Å²) in [6, 6.07) is 3.78. The molecule has 13 heavy (non-hydrogen) atoms. The summed E-state index contributed by atoms with van der Waals surface area (Å²) in [5, 5.41) is 12.4. The zero-order valence-electron chi connectivity index (χ0n) is 6.48. The lowest BCUT2D eigenvalue weighted by molar-refractivity contribution is 0.223. The van der Waals surface area contributed by atoms with Crippen molar-refractivity contribution in [3.05, 3.63) is 37.9 Å². The molecule has 0 bridgehead atoms. The van der Waals surface area contributed by atoms with Gasteiger partial charge < -0.3 is 5.11 Å². The minimum atomic E-state index is -0.627. The number of aliphatic hydroxyl groups is 1. The lowest BCUT2D eigenvalue weighted by Crippen LogP contribution is -1.94. The van der Waals surface area contributed by atoms with Gasteiger partial charge >= 0.3 is 0 Å². The Morgan fingerprint density at radius 2 is 2.38 bits per heavy atom. The lowest BCUT2D eigenvalue weighted by Gasteiger charge is -2.02. The Hall–Kier alpha value is -0.420. The number of nitrogens with zero attached hydrogens (tertiary/aromatic N) is 1. The van der Waals surface area contributed by atoms with Gasteiger partial charge in [0.2, 0.25) is 0 Å². The highest BCUT2D eigenvalue weighted by Gasteiger charge is 2.14. The van der Waals surface area contributed by atoms with Gasteiger partial charge in [-0.2, -0.15) is 0 Å². The number of hydrogen-bond acceptors (Lipinski definition) is 4. The van der Waals surface area contributed by atoms with Crippen molar-refractivity contribution in [1.29, 1.82) is 0 Å². The van der Waals surface area contributed by atoms with Gasteiger partial charge in [-0.1, -0.05) is 17.7 Å². The van der Waals surface area contributed by atoms with Crippen molar-refractivity contribution in [3.8, 4) is 0 Å². The normalized spacial score (nSPS) is 13.1. The van der Waals surface area contributed by atoms with E-state index >= 15 is 0 Å². The molecule has 5 heteroatoms. The van der Waals surface area contributed by atoms with E-state index < -0.39 is 6.10 Å². The monoisotopic (exact) mass is 231 g/mol. The van der Waals surface area contributed by atoms with Crippen molar-refractivity contribution in [3.63, 3.8) is 0 Å². The minimum Gasteiger partial charge on any atom is -0.380 e. The summed E-state index contributed by atoms with van der Waals surface area (Å²) in [5.74, 6) is 0. The molecule has 2 rings (SSSR count). The minimum absolute atomic E-state index is 0.602. The molecule has 0 aliphatic rings. The standard InChI is InChI=1S/C8H6ClNOS2/c9-6-4-10-8(13-6)7(11)5-2-1-3-12-5/h1-4,7,11H. The van der Waals surface area contributed by atoms with Crippen LogP contribution >= 0.6 is 34.3 Å². The molecule has 0 saturated carbocycles. The molecule has 1 unspecified atom stereocenters. The van der Waals surface area contributed by atoms with Crippen molar-refractivity contribution in [2.24, 2.45) is 0 Å². The molecule has 2 heterocycles. The van der Waals surface area contributed by atoms with Crippen LogP contribution in [0, 0.1) is 0 Å². The second-order valence-corrected chi connectivity index (χ2v) is 5.09. The van der Waals surface area contributed by atoms with Gasteiger partial charge in [0.1, 0.15) is 15.4 Å². The van der Waals surface area contributed by atoms with Crippen LogP contribution in [0.5, 0.6) is 0 Å². The van der Waals surface area contributed by atoms with Crippen LogP contribution in [0.4, 0.5) is 0 Å². The van der Waals surface area contributed by atoms with Crippen LogP contribution in [0.3, 0.4) is 0 Å². The van der Waals surface area contributed by atoms with E-state index in [4.69, 9.17) is 11.6 Å². The molecule has 68 valence electrons. The molecule has 1 N–H and O–H groups in total. The fraction of sp³-hybridized carbons (Fsp3) is 0.125. The van der Waals surface area contributed by atoms with Gasteiger partial charge in [-0.25, -0.2) is 4.98 Å². The number of halogens is 1. The molecule has 0 amide bonds. The molecule has 1 atom stereocenters. The number of hydrogen-bond donors (Lipinski definition) is 1. The molecule has 0 aromatic carbocycles. The number of rotatable bonds is 2. The first-order valence-electron chi connectivity index (χ1n) is 3.60. The molecule has 0 radical (unpaired) electrons. The predicted octanol–water partition coefficient (Wildman–Crippen LogP) is 2.94. The van der Waals surface area contributed by atoms with Crippen LogP contribution < -0.4 is 0 Å². The summed E-state index contributed by atoms with van der Waals surface area (Å²) in [5.41, 5.74) is 0. The topological polar surface area (TPSA) is 33.1 Å². The Balaban J connectivity index is 2.28. The second-order valence-electron chi connectivity index (χ2n) is 2.42. The van der Waals surface area contributed by atoms with Crippen LogP contribution in [-0.4, -0.2) is 10.1 Å². The third-order valence-electron chi connectivity index (χ3n) is 1.54. The summed E-state index contributed by atoms with van der Waals surface area (Å²) >= 11 is 8.53. The Labute approximate surface area is 88.5 Å². The van der Waals surface area contributed by atoms with Crippen LogP contribution in [0.2, 0.25) is 4.34 Å². The molecule has 2 aromatic rings. The van der Waals surface area contributed by atoms with Gasteiger partial charge in [-0.15, -0.1) is 22.7 Å². The molecule has 0 aliphatic carbocycles. The Morgan fingerprint density at radius 1 is 1.54 bits per heavy atom. The summed E-state index contributed by atoms with van der Waals surface area (Å²) in [6.07, 6.45) is 0.927. The molecule has 0 saturated heterocycles. The van der Waals surface area contributed by atoms with E-state index in [2.05, 4.69) is 4.98 Å². The van der Waals surface area contributed by atoms with E-state index in [0.717, 1.165) is 4.88 Å². The molecule has 0 fully saturated rings. The second kappa shape index (κ2) is 3.75. The molecular formula is C8H6ClNOS2. The predicted molar refractivity (Wildman–Crippen MR) is 55.5 cm³/mol.